The summed E-state index contributed by atoms with van der Waals surface area (Å²) in [6, 6.07) is 0. The van der Waals surface area contributed by atoms with Crippen LogP contribution in [-0.2, 0) is 14.2 Å². The fourth-order valence-electron chi connectivity index (χ4n) is 2.27. The predicted octanol–water partition coefficient (Wildman–Crippen LogP) is 1.63. The molecule has 0 amide bonds. The fourth-order valence-corrected chi connectivity index (χ4v) is 2.27. The number of allylic oxidation sites excluding steroid dienone is 3. The van der Waals surface area contributed by atoms with Crippen molar-refractivity contribution in [1.82, 2.24) is 0 Å². The summed E-state index contributed by atoms with van der Waals surface area (Å²) in [6.45, 7) is 1.13. The summed E-state index contributed by atoms with van der Waals surface area (Å²) in [5, 5.41) is 9.75. The Hall–Kier alpha value is -1.10. The van der Waals surface area contributed by atoms with Crippen molar-refractivity contribution in [3.63, 3.8) is 0 Å². The van der Waals surface area contributed by atoms with Gasteiger partial charge in [-0.15, -0.1) is 0 Å². The van der Waals surface area contributed by atoms with E-state index >= 15 is 0 Å². The lowest BCUT2D eigenvalue weighted by Crippen LogP contribution is -2.24. The molecule has 4 nitrogen and oxygen atoms in total. The highest BCUT2D eigenvalue weighted by molar-refractivity contribution is 5.51. The van der Waals surface area contributed by atoms with Gasteiger partial charge in [0.1, 0.15) is 5.76 Å². The number of ether oxygens (including phenoxy) is 3. The third-order valence-corrected chi connectivity index (χ3v) is 3.22. The van der Waals surface area contributed by atoms with Crippen LogP contribution in [0.2, 0.25) is 0 Å². The highest BCUT2D eigenvalue weighted by Crippen LogP contribution is 2.33. The van der Waals surface area contributed by atoms with Crippen LogP contribution in [0.5, 0.6) is 0 Å². The lowest BCUT2D eigenvalue weighted by atomic mass is 10.1. The van der Waals surface area contributed by atoms with E-state index in [4.69, 9.17) is 14.2 Å². The second-order valence-electron chi connectivity index (χ2n) is 4.41. The molecule has 0 saturated carbocycles. The lowest BCUT2D eigenvalue weighted by Gasteiger charge is -2.23. The van der Waals surface area contributed by atoms with E-state index in [1.807, 2.05) is 18.2 Å². The summed E-state index contributed by atoms with van der Waals surface area (Å²) in [5.41, 5.74) is 1.74. The van der Waals surface area contributed by atoms with Gasteiger partial charge in [0, 0.05) is 17.8 Å². The Balaban J connectivity index is 1.62. The molecule has 0 aromatic heterocycles. The SMILES string of the molecule is OC1OC2=CC=CC2=C1COC1CCCCO1. The molecule has 1 fully saturated rings. The molecule has 3 aliphatic rings. The first-order valence-electron chi connectivity index (χ1n) is 6.04. The zero-order valence-corrected chi connectivity index (χ0v) is 9.59. The van der Waals surface area contributed by atoms with E-state index in [0.29, 0.717) is 6.61 Å². The Morgan fingerprint density at radius 1 is 1.41 bits per heavy atom. The predicted molar refractivity (Wildman–Crippen MR) is 60.9 cm³/mol. The van der Waals surface area contributed by atoms with Gasteiger partial charge in [0.2, 0.25) is 6.29 Å². The summed E-state index contributed by atoms with van der Waals surface area (Å²) in [4.78, 5) is 0. The van der Waals surface area contributed by atoms with Crippen molar-refractivity contribution in [2.45, 2.75) is 31.8 Å². The zero-order chi connectivity index (χ0) is 11.7. The molecular formula is C13H16O4. The first kappa shape index (κ1) is 11.0. The Morgan fingerprint density at radius 3 is 3.18 bits per heavy atom. The number of fused-ring (bicyclic) bond motifs is 1. The molecule has 2 unspecified atom stereocenters. The van der Waals surface area contributed by atoms with Gasteiger partial charge in [0.05, 0.1) is 6.61 Å². The highest BCUT2D eigenvalue weighted by atomic mass is 16.7. The average molecular weight is 236 g/mol. The molecule has 2 atom stereocenters. The van der Waals surface area contributed by atoms with Crippen LogP contribution in [0.3, 0.4) is 0 Å². The summed E-state index contributed by atoms with van der Waals surface area (Å²) in [5.74, 6) is 0.737. The molecule has 0 aromatic carbocycles. The van der Waals surface area contributed by atoms with Crippen LogP contribution in [0, 0.1) is 0 Å². The van der Waals surface area contributed by atoms with Crippen LogP contribution in [0.1, 0.15) is 19.3 Å². The van der Waals surface area contributed by atoms with E-state index in [1.54, 1.807) is 0 Å². The number of hydrogen-bond acceptors (Lipinski definition) is 4. The molecule has 0 spiro atoms. The fraction of sp³-hybridized carbons (Fsp3) is 0.538. The van der Waals surface area contributed by atoms with Gasteiger partial charge in [0.15, 0.2) is 6.29 Å². The molecular weight excluding hydrogens is 220 g/mol. The monoisotopic (exact) mass is 236 g/mol. The van der Waals surface area contributed by atoms with E-state index in [9.17, 15) is 5.11 Å². The maximum Gasteiger partial charge on any atom is 0.223 e. The molecule has 3 rings (SSSR count). The molecule has 2 heterocycles. The van der Waals surface area contributed by atoms with Gasteiger partial charge < -0.3 is 19.3 Å². The largest absolute Gasteiger partial charge is 0.460 e. The highest BCUT2D eigenvalue weighted by Gasteiger charge is 2.30. The number of aliphatic hydroxyl groups excluding tert-OH is 1. The van der Waals surface area contributed by atoms with Crippen LogP contribution in [-0.4, -0.2) is 30.9 Å². The van der Waals surface area contributed by atoms with Crippen molar-refractivity contribution in [3.05, 3.63) is 35.1 Å². The van der Waals surface area contributed by atoms with Gasteiger partial charge in [-0.25, -0.2) is 0 Å². The third kappa shape index (κ3) is 2.16. The summed E-state index contributed by atoms with van der Waals surface area (Å²) >= 11 is 0. The number of rotatable bonds is 3. The van der Waals surface area contributed by atoms with Crippen molar-refractivity contribution in [2.75, 3.05) is 13.2 Å². The minimum Gasteiger partial charge on any atom is -0.460 e. The van der Waals surface area contributed by atoms with Crippen molar-refractivity contribution in [3.8, 4) is 0 Å². The third-order valence-electron chi connectivity index (χ3n) is 3.22. The van der Waals surface area contributed by atoms with Crippen LogP contribution < -0.4 is 0 Å². The first-order valence-corrected chi connectivity index (χ1v) is 6.04. The summed E-state index contributed by atoms with van der Waals surface area (Å²) in [6.07, 6.45) is 7.86. The van der Waals surface area contributed by atoms with Crippen molar-refractivity contribution in [1.29, 1.82) is 0 Å². The van der Waals surface area contributed by atoms with Crippen molar-refractivity contribution in [2.24, 2.45) is 0 Å². The van der Waals surface area contributed by atoms with Crippen LogP contribution >= 0.6 is 0 Å². The quantitative estimate of drug-likeness (QED) is 0.809. The molecule has 17 heavy (non-hydrogen) atoms. The average Bonchev–Trinajstić information content (AvgIpc) is 2.89. The van der Waals surface area contributed by atoms with Gasteiger partial charge in [-0.2, -0.15) is 0 Å². The minimum atomic E-state index is -0.871. The maximum atomic E-state index is 9.75. The van der Waals surface area contributed by atoms with Gasteiger partial charge in [-0.3, -0.25) is 0 Å². The van der Waals surface area contributed by atoms with Gasteiger partial charge >= 0.3 is 0 Å². The van der Waals surface area contributed by atoms with E-state index in [1.165, 1.54) is 0 Å². The topological polar surface area (TPSA) is 47.9 Å². The first-order chi connectivity index (χ1) is 8.34. The second kappa shape index (κ2) is 4.64. The van der Waals surface area contributed by atoms with E-state index in [0.717, 1.165) is 42.8 Å². The second-order valence-corrected chi connectivity index (χ2v) is 4.41. The number of aliphatic hydroxyl groups is 1. The summed E-state index contributed by atoms with van der Waals surface area (Å²) < 4.78 is 16.4. The van der Waals surface area contributed by atoms with E-state index < -0.39 is 6.29 Å². The molecule has 1 aliphatic carbocycles. The molecule has 2 aliphatic heterocycles. The van der Waals surface area contributed by atoms with Crippen molar-refractivity contribution >= 4 is 0 Å². The Bertz CT molecular complexity index is 388. The molecule has 1 N–H and O–H groups in total. The zero-order valence-electron chi connectivity index (χ0n) is 9.59. The molecule has 4 heteroatoms. The van der Waals surface area contributed by atoms with Gasteiger partial charge in [-0.1, -0.05) is 12.2 Å². The standard InChI is InChI=1S/C13H16O4/c14-13-10(9-4-3-5-11(9)17-13)8-16-12-6-1-2-7-15-12/h3-5,12-14H,1-2,6-8H2. The van der Waals surface area contributed by atoms with E-state index in [2.05, 4.69) is 0 Å². The molecule has 1 saturated heterocycles. The van der Waals surface area contributed by atoms with E-state index in [-0.39, 0.29) is 6.29 Å². The normalized spacial score (nSPS) is 31.5. The maximum absolute atomic E-state index is 9.75. The van der Waals surface area contributed by atoms with Crippen LogP contribution in [0.4, 0.5) is 0 Å². The van der Waals surface area contributed by atoms with Crippen LogP contribution in [0.25, 0.3) is 0 Å². The molecule has 92 valence electrons. The molecule has 0 bridgehead atoms. The smallest absolute Gasteiger partial charge is 0.223 e. The molecule has 0 radical (unpaired) electrons. The Kier molecular flexibility index (Phi) is 3.01. The number of hydrogen-bond donors (Lipinski definition) is 1. The van der Waals surface area contributed by atoms with Crippen molar-refractivity contribution < 1.29 is 19.3 Å². The van der Waals surface area contributed by atoms with Gasteiger partial charge in [-0.05, 0) is 25.3 Å². The van der Waals surface area contributed by atoms with Gasteiger partial charge in [0.25, 0.3) is 0 Å². The van der Waals surface area contributed by atoms with Crippen LogP contribution in [0.15, 0.2) is 35.1 Å². The Morgan fingerprint density at radius 2 is 2.35 bits per heavy atom. The Labute approximate surface area is 100 Å². The molecule has 0 aromatic rings. The minimum absolute atomic E-state index is 0.137. The summed E-state index contributed by atoms with van der Waals surface area (Å²) in [7, 11) is 0. The lowest BCUT2D eigenvalue weighted by molar-refractivity contribution is -0.160.